The maximum atomic E-state index is 11.5. The molecule has 0 aliphatic carbocycles. The van der Waals surface area contributed by atoms with Crippen molar-refractivity contribution < 1.29 is 9.53 Å². The van der Waals surface area contributed by atoms with Crippen LogP contribution in [-0.4, -0.2) is 28.3 Å². The van der Waals surface area contributed by atoms with E-state index in [1.807, 2.05) is 18.7 Å². The highest BCUT2D eigenvalue weighted by atomic mass is 32.2. The van der Waals surface area contributed by atoms with Crippen LogP contribution in [0.2, 0.25) is 0 Å². The molecule has 0 amide bonds. The molecule has 0 bridgehead atoms. The number of thiol groups is 1. The predicted octanol–water partition coefficient (Wildman–Crippen LogP) is 2.38. The van der Waals surface area contributed by atoms with Crippen LogP contribution in [0, 0.1) is 5.92 Å². The molecule has 2 nitrogen and oxygen atoms in total. The Morgan fingerprint density at radius 2 is 2.29 bits per heavy atom. The lowest BCUT2D eigenvalue weighted by atomic mass is 9.99. The number of esters is 1. The van der Waals surface area contributed by atoms with Gasteiger partial charge in [0.05, 0.1) is 12.5 Å². The molecule has 0 radical (unpaired) electrons. The minimum atomic E-state index is -0.0416. The third kappa shape index (κ3) is 3.09. The predicted molar refractivity (Wildman–Crippen MR) is 64.1 cm³/mol. The van der Waals surface area contributed by atoms with Gasteiger partial charge in [-0.3, -0.25) is 4.79 Å². The van der Waals surface area contributed by atoms with Gasteiger partial charge in [0, 0.05) is 15.7 Å². The Hall–Kier alpha value is 0.170. The summed E-state index contributed by atoms with van der Waals surface area (Å²) in [6.07, 6.45) is 0.903. The first kappa shape index (κ1) is 12.2. The molecular formula is C10H18O2S2. The van der Waals surface area contributed by atoms with Crippen LogP contribution in [0.25, 0.3) is 0 Å². The summed E-state index contributed by atoms with van der Waals surface area (Å²) in [5.74, 6) is 0.921. The molecule has 2 atom stereocenters. The zero-order valence-electron chi connectivity index (χ0n) is 8.95. The minimum Gasteiger partial charge on any atom is -0.466 e. The first-order chi connectivity index (χ1) is 6.45. The van der Waals surface area contributed by atoms with E-state index in [0.29, 0.717) is 11.9 Å². The van der Waals surface area contributed by atoms with Gasteiger partial charge in [0.1, 0.15) is 0 Å². The summed E-state index contributed by atoms with van der Waals surface area (Å²) >= 11 is 6.37. The SMILES string of the molecule is CCOC(=O)[C@@H]1CS[C@@H](C(C)(C)S)C1. The Morgan fingerprint density at radius 3 is 2.71 bits per heavy atom. The first-order valence-electron chi connectivity index (χ1n) is 4.95. The fourth-order valence-electron chi connectivity index (χ4n) is 1.54. The third-order valence-corrected chi connectivity index (χ3v) is 4.67. The van der Waals surface area contributed by atoms with Crippen molar-refractivity contribution in [3.8, 4) is 0 Å². The monoisotopic (exact) mass is 234 g/mol. The van der Waals surface area contributed by atoms with E-state index in [1.54, 1.807) is 0 Å². The highest BCUT2D eigenvalue weighted by molar-refractivity contribution is 8.01. The molecule has 0 aromatic heterocycles. The smallest absolute Gasteiger partial charge is 0.309 e. The normalized spacial score (nSPS) is 27.7. The molecule has 0 N–H and O–H groups in total. The van der Waals surface area contributed by atoms with Crippen molar-refractivity contribution in [2.75, 3.05) is 12.4 Å². The molecule has 14 heavy (non-hydrogen) atoms. The van der Waals surface area contributed by atoms with Crippen LogP contribution in [0.1, 0.15) is 27.2 Å². The number of ether oxygens (including phenoxy) is 1. The van der Waals surface area contributed by atoms with Gasteiger partial charge in [0.15, 0.2) is 0 Å². The van der Waals surface area contributed by atoms with Gasteiger partial charge in [0.25, 0.3) is 0 Å². The summed E-state index contributed by atoms with van der Waals surface area (Å²) in [5.41, 5.74) is 0. The second-order valence-corrected chi connectivity index (χ2v) is 6.55. The standard InChI is InChI=1S/C10H18O2S2/c1-4-12-9(11)7-5-8(14-6-7)10(2,3)13/h7-8,13H,4-6H2,1-3H3/t7-,8+/m0/s1. The highest BCUT2D eigenvalue weighted by Crippen LogP contribution is 2.40. The Labute approximate surface area is 95.6 Å². The number of carbonyl (C=O) groups is 1. The van der Waals surface area contributed by atoms with Crippen molar-refractivity contribution in [1.29, 1.82) is 0 Å². The largest absolute Gasteiger partial charge is 0.466 e. The summed E-state index contributed by atoms with van der Waals surface area (Å²) in [6, 6.07) is 0. The number of hydrogen-bond acceptors (Lipinski definition) is 4. The fourth-order valence-corrected chi connectivity index (χ4v) is 3.39. The minimum absolute atomic E-state index is 0.00802. The molecule has 0 unspecified atom stereocenters. The van der Waals surface area contributed by atoms with Crippen molar-refractivity contribution in [3.05, 3.63) is 0 Å². The Bertz CT molecular complexity index is 211. The Kier molecular flexibility index (Phi) is 4.19. The zero-order chi connectivity index (χ0) is 10.8. The van der Waals surface area contributed by atoms with Crippen LogP contribution in [0.5, 0.6) is 0 Å². The van der Waals surface area contributed by atoms with Gasteiger partial charge in [-0.25, -0.2) is 0 Å². The average Bonchev–Trinajstić information content (AvgIpc) is 2.51. The van der Waals surface area contributed by atoms with Gasteiger partial charge in [-0.2, -0.15) is 24.4 Å². The Balaban J connectivity index is 2.45. The van der Waals surface area contributed by atoms with Gasteiger partial charge in [0.2, 0.25) is 0 Å². The van der Waals surface area contributed by atoms with E-state index in [9.17, 15) is 4.79 Å². The molecule has 0 saturated carbocycles. The van der Waals surface area contributed by atoms with Gasteiger partial charge in [-0.15, -0.1) is 0 Å². The van der Waals surface area contributed by atoms with Crippen LogP contribution in [0.3, 0.4) is 0 Å². The molecule has 1 heterocycles. The van der Waals surface area contributed by atoms with Crippen LogP contribution >= 0.6 is 24.4 Å². The molecule has 0 aromatic carbocycles. The molecular weight excluding hydrogens is 216 g/mol. The van der Waals surface area contributed by atoms with E-state index in [4.69, 9.17) is 4.74 Å². The maximum absolute atomic E-state index is 11.5. The first-order valence-corrected chi connectivity index (χ1v) is 6.45. The molecule has 1 fully saturated rings. The molecule has 1 saturated heterocycles. The quantitative estimate of drug-likeness (QED) is 0.600. The second-order valence-electron chi connectivity index (χ2n) is 4.16. The molecule has 0 spiro atoms. The van der Waals surface area contributed by atoms with Gasteiger partial charge in [-0.05, 0) is 27.2 Å². The van der Waals surface area contributed by atoms with Gasteiger partial charge in [-0.1, -0.05) is 0 Å². The molecule has 1 aliphatic rings. The molecule has 1 aliphatic heterocycles. The van der Waals surface area contributed by atoms with Crippen LogP contribution in [-0.2, 0) is 9.53 Å². The molecule has 1 rings (SSSR count). The van der Waals surface area contributed by atoms with Crippen molar-refractivity contribution in [2.45, 2.75) is 37.2 Å². The van der Waals surface area contributed by atoms with Crippen molar-refractivity contribution in [2.24, 2.45) is 5.92 Å². The highest BCUT2D eigenvalue weighted by Gasteiger charge is 2.38. The van der Waals surface area contributed by atoms with E-state index < -0.39 is 0 Å². The number of carbonyl (C=O) groups excluding carboxylic acids is 1. The fraction of sp³-hybridized carbons (Fsp3) is 0.900. The van der Waals surface area contributed by atoms with E-state index in [0.717, 1.165) is 12.2 Å². The van der Waals surface area contributed by atoms with Crippen molar-refractivity contribution in [1.82, 2.24) is 0 Å². The van der Waals surface area contributed by atoms with Crippen LogP contribution in [0.4, 0.5) is 0 Å². The van der Waals surface area contributed by atoms with E-state index in [1.165, 1.54) is 0 Å². The molecule has 4 heteroatoms. The topological polar surface area (TPSA) is 26.3 Å². The lowest BCUT2D eigenvalue weighted by molar-refractivity contribution is -0.147. The lowest BCUT2D eigenvalue weighted by Crippen LogP contribution is -2.27. The summed E-state index contributed by atoms with van der Waals surface area (Å²) in [4.78, 5) is 11.5. The van der Waals surface area contributed by atoms with E-state index in [2.05, 4.69) is 26.5 Å². The van der Waals surface area contributed by atoms with Crippen molar-refractivity contribution in [3.63, 3.8) is 0 Å². The van der Waals surface area contributed by atoms with Crippen LogP contribution < -0.4 is 0 Å². The summed E-state index contributed by atoms with van der Waals surface area (Å²) in [5, 5.41) is 0.459. The summed E-state index contributed by atoms with van der Waals surface area (Å²) in [7, 11) is 0. The van der Waals surface area contributed by atoms with Gasteiger partial charge < -0.3 is 4.74 Å². The second kappa shape index (κ2) is 4.79. The molecule has 82 valence electrons. The van der Waals surface area contributed by atoms with E-state index in [-0.39, 0.29) is 16.6 Å². The van der Waals surface area contributed by atoms with Crippen LogP contribution in [0.15, 0.2) is 0 Å². The van der Waals surface area contributed by atoms with E-state index >= 15 is 0 Å². The van der Waals surface area contributed by atoms with Gasteiger partial charge >= 0.3 is 5.97 Å². The summed E-state index contributed by atoms with van der Waals surface area (Å²) in [6.45, 7) is 6.53. The number of thioether (sulfide) groups is 1. The maximum Gasteiger partial charge on any atom is 0.309 e. The summed E-state index contributed by atoms with van der Waals surface area (Å²) < 4.78 is 5.00. The third-order valence-electron chi connectivity index (χ3n) is 2.41. The average molecular weight is 234 g/mol. The lowest BCUT2D eigenvalue weighted by Gasteiger charge is -2.24. The zero-order valence-corrected chi connectivity index (χ0v) is 10.7. The number of hydrogen-bond donors (Lipinski definition) is 1. The number of rotatable bonds is 3. The van der Waals surface area contributed by atoms with Crippen molar-refractivity contribution >= 4 is 30.4 Å². The Morgan fingerprint density at radius 1 is 1.64 bits per heavy atom. The molecule has 0 aromatic rings.